The fourth-order valence-corrected chi connectivity index (χ4v) is 6.13. The number of sulfonamides is 1. The highest BCUT2D eigenvalue weighted by atomic mass is 32.2. The Hall–Kier alpha value is -2.34. The number of hydrogen-bond donors (Lipinski definition) is 1. The van der Waals surface area contributed by atoms with E-state index < -0.39 is 46.3 Å². The van der Waals surface area contributed by atoms with Crippen LogP contribution in [0.5, 0.6) is 5.75 Å². The van der Waals surface area contributed by atoms with Crippen LogP contribution in [0, 0.1) is 11.8 Å². The quantitative estimate of drug-likeness (QED) is 0.578. The number of alkyl halides is 3. The van der Waals surface area contributed by atoms with Crippen molar-refractivity contribution in [2.45, 2.75) is 58.4 Å². The number of carboxylic acids is 1. The summed E-state index contributed by atoms with van der Waals surface area (Å²) in [6.07, 6.45) is -4.25. The number of aliphatic carboxylic acids is 1. The molecule has 0 radical (unpaired) electrons. The van der Waals surface area contributed by atoms with Gasteiger partial charge in [0.05, 0.1) is 23.9 Å². The van der Waals surface area contributed by atoms with E-state index in [1.54, 1.807) is 24.3 Å². The first-order valence-corrected chi connectivity index (χ1v) is 12.8. The molecule has 0 bridgehead atoms. The minimum Gasteiger partial charge on any atom is -0.490 e. The summed E-state index contributed by atoms with van der Waals surface area (Å²) < 4.78 is 72.2. The number of hydrogen-bond acceptors (Lipinski definition) is 6. The smallest absolute Gasteiger partial charge is 0.431 e. The van der Waals surface area contributed by atoms with Crippen LogP contribution in [-0.2, 0) is 14.8 Å². The highest BCUT2D eigenvalue weighted by molar-refractivity contribution is 7.89. The topological polar surface area (TPSA) is 99.5 Å². The van der Waals surface area contributed by atoms with Crippen LogP contribution in [0.4, 0.5) is 18.9 Å². The molecule has 1 fully saturated rings. The normalized spacial score (nSPS) is 22.8. The number of carbonyl (C=O) groups is 1. The second-order valence-corrected chi connectivity index (χ2v) is 11.2. The van der Waals surface area contributed by atoms with Gasteiger partial charge in [0.25, 0.3) is 0 Å². The molecule has 1 N–H and O–H groups in total. The molecule has 1 saturated heterocycles. The van der Waals surface area contributed by atoms with E-state index >= 15 is 0 Å². The van der Waals surface area contributed by atoms with E-state index in [1.165, 1.54) is 11.2 Å². The SMILES string of the molecule is CC(C)CS(=O)(=O)N1CCC(Oc2ccc(N3N=C(C(F)(F)F)[C@@H](C)[C@@H]3CC(=O)O)cc2)CC1. The molecule has 2 atom stereocenters. The van der Waals surface area contributed by atoms with Crippen molar-refractivity contribution >= 4 is 27.4 Å². The molecule has 12 heteroatoms. The van der Waals surface area contributed by atoms with Crippen molar-refractivity contribution in [1.82, 2.24) is 4.31 Å². The zero-order chi connectivity index (χ0) is 25.3. The monoisotopic (exact) mass is 505 g/mol. The fraction of sp³-hybridized carbons (Fsp3) is 0.636. The zero-order valence-electron chi connectivity index (χ0n) is 19.3. The molecule has 1 aromatic carbocycles. The van der Waals surface area contributed by atoms with Crippen LogP contribution in [0.15, 0.2) is 29.4 Å². The molecule has 8 nitrogen and oxygen atoms in total. The Morgan fingerprint density at radius 1 is 1.21 bits per heavy atom. The molecule has 34 heavy (non-hydrogen) atoms. The largest absolute Gasteiger partial charge is 0.490 e. The van der Waals surface area contributed by atoms with Crippen molar-refractivity contribution in [2.24, 2.45) is 16.9 Å². The minimum absolute atomic E-state index is 0.0442. The maximum Gasteiger partial charge on any atom is 0.431 e. The van der Waals surface area contributed by atoms with Gasteiger partial charge in [-0.05, 0) is 43.0 Å². The molecule has 2 aliphatic heterocycles. The van der Waals surface area contributed by atoms with Gasteiger partial charge in [0, 0.05) is 19.0 Å². The van der Waals surface area contributed by atoms with Gasteiger partial charge >= 0.3 is 12.1 Å². The standard InChI is InChI=1S/C22H30F3N3O5S/c1-14(2)13-34(31,32)27-10-8-18(9-11-27)33-17-6-4-16(5-7-17)28-19(12-20(29)30)15(3)21(26-28)22(23,24)25/h4-7,14-15,18-19H,8-13H2,1-3H3,(H,29,30)/t15-,19-/m0/s1. The fourth-order valence-electron chi connectivity index (χ4n) is 4.31. The van der Waals surface area contributed by atoms with Gasteiger partial charge in [0.2, 0.25) is 10.0 Å². The lowest BCUT2D eigenvalue weighted by atomic mass is 9.94. The molecule has 0 amide bonds. The third-order valence-electron chi connectivity index (χ3n) is 5.95. The average Bonchev–Trinajstić information content (AvgIpc) is 3.04. The second-order valence-electron chi connectivity index (χ2n) is 9.16. The van der Waals surface area contributed by atoms with Crippen LogP contribution in [0.1, 0.15) is 40.0 Å². The van der Waals surface area contributed by atoms with Gasteiger partial charge in [0.15, 0.2) is 0 Å². The Morgan fingerprint density at radius 3 is 2.29 bits per heavy atom. The number of piperidine rings is 1. The first-order chi connectivity index (χ1) is 15.8. The summed E-state index contributed by atoms with van der Waals surface area (Å²) in [4.78, 5) is 11.2. The second kappa shape index (κ2) is 10.1. The van der Waals surface area contributed by atoms with E-state index in [1.807, 2.05) is 13.8 Å². The van der Waals surface area contributed by atoms with Crippen molar-refractivity contribution < 1.29 is 36.2 Å². The lowest BCUT2D eigenvalue weighted by Gasteiger charge is -2.32. The molecule has 190 valence electrons. The number of ether oxygens (including phenoxy) is 1. The molecule has 0 unspecified atom stereocenters. The number of benzene rings is 1. The number of rotatable bonds is 8. The van der Waals surface area contributed by atoms with Crippen molar-refractivity contribution in [2.75, 3.05) is 23.9 Å². The van der Waals surface area contributed by atoms with Crippen LogP contribution >= 0.6 is 0 Å². The minimum atomic E-state index is -4.65. The summed E-state index contributed by atoms with van der Waals surface area (Å²) in [6, 6.07) is 5.32. The van der Waals surface area contributed by atoms with Crippen molar-refractivity contribution in [3.05, 3.63) is 24.3 Å². The molecule has 1 aromatic rings. The van der Waals surface area contributed by atoms with Gasteiger partial charge < -0.3 is 9.84 Å². The maximum absolute atomic E-state index is 13.3. The van der Waals surface area contributed by atoms with Gasteiger partial charge in [0.1, 0.15) is 17.6 Å². The number of hydrazone groups is 1. The van der Waals surface area contributed by atoms with E-state index in [-0.39, 0.29) is 17.8 Å². The molecule has 0 spiro atoms. The Morgan fingerprint density at radius 2 is 1.79 bits per heavy atom. The van der Waals surface area contributed by atoms with Crippen LogP contribution in [0.3, 0.4) is 0 Å². The lowest BCUT2D eigenvalue weighted by Crippen LogP contribution is -2.43. The first-order valence-electron chi connectivity index (χ1n) is 11.2. The van der Waals surface area contributed by atoms with Gasteiger partial charge in [-0.25, -0.2) is 12.7 Å². The number of nitrogens with zero attached hydrogens (tertiary/aromatic N) is 3. The molecule has 0 aliphatic carbocycles. The summed E-state index contributed by atoms with van der Waals surface area (Å²) in [5, 5.41) is 14.0. The lowest BCUT2D eigenvalue weighted by molar-refractivity contribution is -0.137. The third-order valence-corrected chi connectivity index (χ3v) is 8.19. The zero-order valence-corrected chi connectivity index (χ0v) is 20.1. The molecule has 0 aromatic heterocycles. The summed E-state index contributed by atoms with van der Waals surface area (Å²) in [5.41, 5.74) is -0.669. The van der Waals surface area contributed by atoms with Crippen molar-refractivity contribution in [3.8, 4) is 5.75 Å². The first kappa shape index (κ1) is 26.3. The van der Waals surface area contributed by atoms with Crippen LogP contribution in [0.25, 0.3) is 0 Å². The van der Waals surface area contributed by atoms with E-state index in [0.717, 1.165) is 5.01 Å². The number of halogens is 3. The Labute approximate surface area is 197 Å². The molecule has 3 rings (SSSR count). The van der Waals surface area contributed by atoms with Gasteiger partial charge in [-0.15, -0.1) is 0 Å². The van der Waals surface area contributed by atoms with E-state index in [4.69, 9.17) is 9.84 Å². The van der Waals surface area contributed by atoms with Crippen molar-refractivity contribution in [3.63, 3.8) is 0 Å². The summed E-state index contributed by atoms with van der Waals surface area (Å²) in [7, 11) is -3.29. The summed E-state index contributed by atoms with van der Waals surface area (Å²) in [5.74, 6) is -1.65. The summed E-state index contributed by atoms with van der Waals surface area (Å²) >= 11 is 0. The highest BCUT2D eigenvalue weighted by Crippen LogP contribution is 2.37. The van der Waals surface area contributed by atoms with E-state index in [2.05, 4.69) is 5.10 Å². The Kier molecular flexibility index (Phi) is 7.81. The van der Waals surface area contributed by atoms with Gasteiger partial charge in [-0.2, -0.15) is 18.3 Å². The molecule has 2 heterocycles. The van der Waals surface area contributed by atoms with Gasteiger partial charge in [-0.1, -0.05) is 20.8 Å². The van der Waals surface area contributed by atoms with Crippen LogP contribution < -0.4 is 9.75 Å². The molecular weight excluding hydrogens is 475 g/mol. The van der Waals surface area contributed by atoms with Crippen molar-refractivity contribution in [1.29, 1.82) is 0 Å². The predicted octanol–water partition coefficient (Wildman–Crippen LogP) is 3.73. The van der Waals surface area contributed by atoms with E-state index in [9.17, 15) is 26.4 Å². The third kappa shape index (κ3) is 6.21. The van der Waals surface area contributed by atoms with Crippen LogP contribution in [-0.4, -0.2) is 66.7 Å². The van der Waals surface area contributed by atoms with Crippen LogP contribution in [0.2, 0.25) is 0 Å². The Bertz CT molecular complexity index is 1000. The average molecular weight is 506 g/mol. The summed E-state index contributed by atoms with van der Waals surface area (Å²) in [6.45, 7) is 5.79. The maximum atomic E-state index is 13.3. The number of carboxylic acid groups (broad SMARTS) is 1. The van der Waals surface area contributed by atoms with E-state index in [0.29, 0.717) is 37.4 Å². The predicted molar refractivity (Wildman–Crippen MR) is 121 cm³/mol. The van der Waals surface area contributed by atoms with Gasteiger partial charge in [-0.3, -0.25) is 9.80 Å². The molecule has 2 aliphatic rings. The Balaban J connectivity index is 1.66. The molecule has 0 saturated carbocycles. The number of anilines is 1. The molecular formula is C22H30F3N3O5S. The highest BCUT2D eigenvalue weighted by Gasteiger charge is 2.48.